The van der Waals surface area contributed by atoms with Crippen molar-refractivity contribution in [3.8, 4) is 0 Å². The van der Waals surface area contributed by atoms with Crippen molar-refractivity contribution in [1.29, 1.82) is 0 Å². The Hall–Kier alpha value is -2.49. The van der Waals surface area contributed by atoms with Gasteiger partial charge in [-0.25, -0.2) is 0 Å². The van der Waals surface area contributed by atoms with Crippen molar-refractivity contribution in [3.05, 3.63) is 59.7 Å². The number of rotatable bonds is 1. The minimum absolute atomic E-state index is 0.0247. The normalized spacial score (nSPS) is 22.5. The van der Waals surface area contributed by atoms with Crippen molar-refractivity contribution in [2.24, 2.45) is 5.41 Å². The largest absolute Gasteiger partial charge is 0.472 e. The maximum Gasteiger partial charge on any atom is 0.163 e. The summed E-state index contributed by atoms with van der Waals surface area (Å²) in [6, 6.07) is 9.81. The molecule has 0 spiro atoms. The number of nitrogens with one attached hydrogen (secondary N) is 2. The number of furan rings is 1. The second-order valence-corrected chi connectivity index (χ2v) is 7.14. The summed E-state index contributed by atoms with van der Waals surface area (Å²) in [6.07, 6.45) is 4.79. The number of Topliss-reactive ketones (excluding diaryl/α,β-unsaturated/α-hetero) is 1. The summed E-state index contributed by atoms with van der Waals surface area (Å²) in [5, 5.41) is 7.02. The fourth-order valence-corrected chi connectivity index (χ4v) is 3.58. The molecule has 0 amide bonds. The van der Waals surface area contributed by atoms with Gasteiger partial charge in [0.1, 0.15) is 0 Å². The minimum Gasteiger partial charge on any atom is -0.472 e. The van der Waals surface area contributed by atoms with Gasteiger partial charge in [-0.05, 0) is 30.0 Å². The highest BCUT2D eigenvalue weighted by molar-refractivity contribution is 6.01. The van der Waals surface area contributed by atoms with Crippen LogP contribution in [0.3, 0.4) is 0 Å². The zero-order valence-electron chi connectivity index (χ0n) is 13.3. The first-order valence-electron chi connectivity index (χ1n) is 7.94. The quantitative estimate of drug-likeness (QED) is 0.814. The molecule has 1 atom stereocenters. The number of ketones is 1. The highest BCUT2D eigenvalue weighted by Crippen LogP contribution is 2.45. The van der Waals surface area contributed by atoms with Crippen molar-refractivity contribution in [3.63, 3.8) is 0 Å². The van der Waals surface area contributed by atoms with Crippen LogP contribution in [0.1, 0.15) is 38.3 Å². The number of allylic oxidation sites excluding steroid dienone is 1. The summed E-state index contributed by atoms with van der Waals surface area (Å²) in [7, 11) is 0. The molecule has 0 bridgehead atoms. The van der Waals surface area contributed by atoms with Gasteiger partial charge in [0, 0.05) is 23.3 Å². The van der Waals surface area contributed by atoms with Crippen LogP contribution < -0.4 is 10.6 Å². The average Bonchev–Trinajstić information content (AvgIpc) is 2.95. The van der Waals surface area contributed by atoms with Crippen molar-refractivity contribution in [2.45, 2.75) is 32.7 Å². The molecule has 2 heterocycles. The predicted octanol–water partition coefficient (Wildman–Crippen LogP) is 4.50. The lowest BCUT2D eigenvalue weighted by Gasteiger charge is -2.33. The van der Waals surface area contributed by atoms with Gasteiger partial charge in [0.05, 0.1) is 29.9 Å². The van der Waals surface area contributed by atoms with Crippen molar-refractivity contribution < 1.29 is 9.21 Å². The number of hydrogen-bond donors (Lipinski definition) is 2. The Kier molecular flexibility index (Phi) is 3.08. The van der Waals surface area contributed by atoms with Gasteiger partial charge < -0.3 is 15.1 Å². The van der Waals surface area contributed by atoms with Crippen molar-refractivity contribution in [2.75, 3.05) is 10.6 Å². The number of hydrogen-bond acceptors (Lipinski definition) is 4. The van der Waals surface area contributed by atoms with Crippen LogP contribution in [-0.2, 0) is 4.79 Å². The molecule has 4 nitrogen and oxygen atoms in total. The number of benzene rings is 1. The number of fused-ring (bicyclic) bond motifs is 1. The molecule has 0 radical (unpaired) electrons. The number of carbonyl (C=O) groups is 1. The molecule has 1 aromatic carbocycles. The van der Waals surface area contributed by atoms with Gasteiger partial charge in [-0.3, -0.25) is 4.79 Å². The maximum atomic E-state index is 12.9. The lowest BCUT2D eigenvalue weighted by Crippen LogP contribution is -2.31. The molecule has 1 aromatic heterocycles. The van der Waals surface area contributed by atoms with E-state index in [1.165, 1.54) is 0 Å². The predicted molar refractivity (Wildman–Crippen MR) is 90.2 cm³/mol. The Labute approximate surface area is 135 Å². The molecule has 118 valence electrons. The molecule has 23 heavy (non-hydrogen) atoms. The van der Waals surface area contributed by atoms with E-state index >= 15 is 0 Å². The van der Waals surface area contributed by atoms with Crippen molar-refractivity contribution >= 4 is 17.2 Å². The lowest BCUT2D eigenvalue weighted by atomic mass is 9.73. The first-order chi connectivity index (χ1) is 11.0. The molecule has 0 saturated carbocycles. The summed E-state index contributed by atoms with van der Waals surface area (Å²) < 4.78 is 5.26. The third-order valence-electron chi connectivity index (χ3n) is 4.60. The number of carbonyl (C=O) groups excluding carboxylic acids is 1. The Morgan fingerprint density at radius 3 is 2.65 bits per heavy atom. The molecule has 2 aromatic rings. The highest BCUT2D eigenvalue weighted by Gasteiger charge is 2.38. The second kappa shape index (κ2) is 5.01. The first-order valence-corrected chi connectivity index (χ1v) is 7.94. The van der Waals surface area contributed by atoms with Gasteiger partial charge in [-0.15, -0.1) is 0 Å². The van der Waals surface area contributed by atoms with Gasteiger partial charge >= 0.3 is 0 Å². The SMILES string of the molecule is CC1(C)CC(=O)C2=C(C1)Nc1ccccc1NC2c1ccoc1. The molecule has 0 fully saturated rings. The number of para-hydroxylation sites is 2. The maximum absolute atomic E-state index is 12.9. The molecule has 4 rings (SSSR count). The monoisotopic (exact) mass is 308 g/mol. The van der Waals surface area contributed by atoms with E-state index in [4.69, 9.17) is 4.42 Å². The van der Waals surface area contributed by atoms with E-state index in [2.05, 4.69) is 24.5 Å². The summed E-state index contributed by atoms with van der Waals surface area (Å²) >= 11 is 0. The van der Waals surface area contributed by atoms with E-state index in [1.807, 2.05) is 30.3 Å². The molecular weight excluding hydrogens is 288 g/mol. The fourth-order valence-electron chi connectivity index (χ4n) is 3.58. The van der Waals surface area contributed by atoms with Crippen LogP contribution in [0.15, 0.2) is 58.5 Å². The average molecular weight is 308 g/mol. The zero-order valence-corrected chi connectivity index (χ0v) is 13.3. The molecule has 2 N–H and O–H groups in total. The minimum atomic E-state index is -0.177. The van der Waals surface area contributed by atoms with E-state index in [1.54, 1.807) is 12.5 Å². The summed E-state index contributed by atoms with van der Waals surface area (Å²) in [6.45, 7) is 4.29. The van der Waals surface area contributed by atoms with Crippen LogP contribution in [-0.4, -0.2) is 5.78 Å². The standard InChI is InChI=1S/C19H20N2O2/c1-19(2)9-15-17(16(22)10-19)18(12-7-8-23-11-12)21-14-6-4-3-5-13(14)20-15/h3-8,11,18,20-21H,9-10H2,1-2H3. The van der Waals surface area contributed by atoms with Crippen LogP contribution >= 0.6 is 0 Å². The molecule has 2 aliphatic rings. The fraction of sp³-hybridized carbons (Fsp3) is 0.316. The number of anilines is 2. The van der Waals surface area contributed by atoms with E-state index in [0.717, 1.165) is 34.6 Å². The Morgan fingerprint density at radius 1 is 1.13 bits per heavy atom. The molecule has 1 aliphatic heterocycles. The van der Waals surface area contributed by atoms with Gasteiger partial charge in [0.25, 0.3) is 0 Å². The molecule has 1 unspecified atom stereocenters. The molecule has 4 heteroatoms. The van der Waals surface area contributed by atoms with Gasteiger partial charge in [0.15, 0.2) is 5.78 Å². The van der Waals surface area contributed by atoms with Crippen LogP contribution in [0.4, 0.5) is 11.4 Å². The zero-order chi connectivity index (χ0) is 16.0. The van der Waals surface area contributed by atoms with E-state index in [0.29, 0.717) is 6.42 Å². The summed E-state index contributed by atoms with van der Waals surface area (Å²) in [5.41, 5.74) is 4.82. The third-order valence-corrected chi connectivity index (χ3v) is 4.60. The summed E-state index contributed by atoms with van der Waals surface area (Å²) in [4.78, 5) is 12.9. The third kappa shape index (κ3) is 2.44. The summed E-state index contributed by atoms with van der Waals surface area (Å²) in [5.74, 6) is 0.204. The van der Waals surface area contributed by atoms with Crippen molar-refractivity contribution in [1.82, 2.24) is 0 Å². The molecular formula is C19H20N2O2. The van der Waals surface area contributed by atoms with Crippen LogP contribution in [0.2, 0.25) is 0 Å². The first kappa shape index (κ1) is 14.1. The Bertz CT molecular complexity index is 787. The lowest BCUT2D eigenvalue weighted by molar-refractivity contribution is -0.118. The molecule has 0 saturated heterocycles. The van der Waals surface area contributed by atoms with Gasteiger partial charge in [0.2, 0.25) is 0 Å². The second-order valence-electron chi connectivity index (χ2n) is 7.14. The Morgan fingerprint density at radius 2 is 1.91 bits per heavy atom. The van der Waals surface area contributed by atoms with Gasteiger partial charge in [-0.1, -0.05) is 26.0 Å². The van der Waals surface area contributed by atoms with E-state index < -0.39 is 0 Å². The smallest absolute Gasteiger partial charge is 0.163 e. The molecule has 1 aliphatic carbocycles. The van der Waals surface area contributed by atoms with Crippen LogP contribution in [0.5, 0.6) is 0 Å². The Balaban J connectivity index is 1.88. The van der Waals surface area contributed by atoms with E-state index in [9.17, 15) is 4.79 Å². The highest BCUT2D eigenvalue weighted by atomic mass is 16.3. The van der Waals surface area contributed by atoms with Crippen LogP contribution in [0, 0.1) is 5.41 Å². The topological polar surface area (TPSA) is 54.3 Å². The van der Waals surface area contributed by atoms with Gasteiger partial charge in [-0.2, -0.15) is 0 Å². The van der Waals surface area contributed by atoms with E-state index in [-0.39, 0.29) is 17.2 Å². The van der Waals surface area contributed by atoms with Crippen LogP contribution in [0.25, 0.3) is 0 Å².